The standard InChI is InChI=1S/C17H32N2O7/c1-13(21)4-5-14(22)18-6-8-25-10-11-26-9-7-19-16(24)15(23)17(2,3)12-20/h15,20,23H,4-12H2,1-3H3,(H,18,22)(H,19,24)/t15-/m0/s1. The van der Waals surface area contributed by atoms with Crippen LogP contribution in [0.3, 0.4) is 0 Å². The maximum Gasteiger partial charge on any atom is 0.249 e. The minimum absolute atomic E-state index is 0.0173. The molecule has 0 aliphatic heterocycles. The van der Waals surface area contributed by atoms with Crippen molar-refractivity contribution in [3.8, 4) is 0 Å². The van der Waals surface area contributed by atoms with E-state index in [0.29, 0.717) is 26.4 Å². The molecule has 0 aromatic carbocycles. The van der Waals surface area contributed by atoms with E-state index in [1.54, 1.807) is 13.8 Å². The number of ether oxygens (including phenoxy) is 2. The maximum absolute atomic E-state index is 11.7. The van der Waals surface area contributed by atoms with Gasteiger partial charge < -0.3 is 35.1 Å². The average Bonchev–Trinajstić information content (AvgIpc) is 2.60. The zero-order valence-electron chi connectivity index (χ0n) is 15.9. The summed E-state index contributed by atoms with van der Waals surface area (Å²) in [5.74, 6) is -0.747. The lowest BCUT2D eigenvalue weighted by atomic mass is 9.87. The number of carbonyl (C=O) groups excluding carboxylic acids is 3. The zero-order valence-corrected chi connectivity index (χ0v) is 15.9. The van der Waals surface area contributed by atoms with Gasteiger partial charge in [-0.1, -0.05) is 13.8 Å². The van der Waals surface area contributed by atoms with Crippen LogP contribution < -0.4 is 10.6 Å². The Hall–Kier alpha value is -1.55. The van der Waals surface area contributed by atoms with Gasteiger partial charge >= 0.3 is 0 Å². The van der Waals surface area contributed by atoms with E-state index in [0.717, 1.165) is 0 Å². The molecule has 4 N–H and O–H groups in total. The van der Waals surface area contributed by atoms with Gasteiger partial charge in [-0.2, -0.15) is 0 Å². The Bertz CT molecular complexity index is 441. The Morgan fingerprint density at radius 2 is 1.50 bits per heavy atom. The SMILES string of the molecule is CC(=O)CCC(=O)NCCOCCOCCNC(=O)[C@H](O)C(C)(C)CO. The van der Waals surface area contributed by atoms with Gasteiger partial charge in [0.25, 0.3) is 0 Å². The molecule has 0 saturated carbocycles. The molecule has 26 heavy (non-hydrogen) atoms. The van der Waals surface area contributed by atoms with Crippen LogP contribution in [0.15, 0.2) is 0 Å². The second kappa shape index (κ2) is 13.6. The second-order valence-corrected chi connectivity index (χ2v) is 6.62. The number of rotatable bonds is 15. The molecule has 9 heteroatoms. The Kier molecular flexibility index (Phi) is 12.8. The number of carbonyl (C=O) groups is 3. The van der Waals surface area contributed by atoms with Gasteiger partial charge in [-0.3, -0.25) is 9.59 Å². The average molecular weight is 376 g/mol. The zero-order chi connectivity index (χ0) is 20.0. The van der Waals surface area contributed by atoms with Gasteiger partial charge in [-0.25, -0.2) is 0 Å². The van der Waals surface area contributed by atoms with Crippen LogP contribution in [-0.4, -0.2) is 80.0 Å². The van der Waals surface area contributed by atoms with E-state index in [1.807, 2.05) is 0 Å². The summed E-state index contributed by atoms with van der Waals surface area (Å²) in [7, 11) is 0. The van der Waals surface area contributed by atoms with E-state index < -0.39 is 17.4 Å². The summed E-state index contributed by atoms with van der Waals surface area (Å²) in [5, 5.41) is 24.1. The first-order valence-electron chi connectivity index (χ1n) is 8.69. The van der Waals surface area contributed by atoms with Gasteiger partial charge in [0.2, 0.25) is 11.8 Å². The second-order valence-electron chi connectivity index (χ2n) is 6.62. The molecule has 152 valence electrons. The minimum atomic E-state index is -1.29. The number of hydrogen-bond donors (Lipinski definition) is 4. The molecule has 0 aromatic heterocycles. The van der Waals surface area contributed by atoms with Crippen LogP contribution in [0.25, 0.3) is 0 Å². The highest BCUT2D eigenvalue weighted by Crippen LogP contribution is 2.19. The highest BCUT2D eigenvalue weighted by Gasteiger charge is 2.32. The first-order chi connectivity index (χ1) is 12.2. The number of nitrogens with one attached hydrogen (secondary N) is 2. The van der Waals surface area contributed by atoms with Gasteiger partial charge in [0.15, 0.2) is 0 Å². The van der Waals surface area contributed by atoms with Crippen molar-refractivity contribution in [1.82, 2.24) is 10.6 Å². The Morgan fingerprint density at radius 1 is 0.962 bits per heavy atom. The molecular formula is C17H32N2O7. The van der Waals surface area contributed by atoms with Crippen LogP contribution in [-0.2, 0) is 23.9 Å². The van der Waals surface area contributed by atoms with E-state index in [2.05, 4.69) is 10.6 Å². The highest BCUT2D eigenvalue weighted by molar-refractivity contribution is 5.83. The van der Waals surface area contributed by atoms with Gasteiger partial charge in [-0.15, -0.1) is 0 Å². The van der Waals surface area contributed by atoms with Crippen molar-refractivity contribution in [3.63, 3.8) is 0 Å². The van der Waals surface area contributed by atoms with Crippen LogP contribution in [0.1, 0.15) is 33.6 Å². The van der Waals surface area contributed by atoms with Gasteiger partial charge in [0.1, 0.15) is 11.9 Å². The summed E-state index contributed by atoms with van der Waals surface area (Å²) in [6.07, 6.45) is -0.860. The summed E-state index contributed by atoms with van der Waals surface area (Å²) in [5.41, 5.74) is -0.903. The smallest absolute Gasteiger partial charge is 0.249 e. The number of hydrogen-bond acceptors (Lipinski definition) is 7. The van der Waals surface area contributed by atoms with Crippen molar-refractivity contribution in [1.29, 1.82) is 0 Å². The summed E-state index contributed by atoms with van der Waals surface area (Å²) in [4.78, 5) is 33.8. The fraction of sp³-hybridized carbons (Fsp3) is 0.824. The third-order valence-corrected chi connectivity index (χ3v) is 3.59. The molecule has 0 aliphatic rings. The largest absolute Gasteiger partial charge is 0.396 e. The topological polar surface area (TPSA) is 134 Å². The predicted molar refractivity (Wildman–Crippen MR) is 94.4 cm³/mol. The van der Waals surface area contributed by atoms with Crippen molar-refractivity contribution in [2.24, 2.45) is 5.41 Å². The monoisotopic (exact) mass is 376 g/mol. The third-order valence-electron chi connectivity index (χ3n) is 3.59. The van der Waals surface area contributed by atoms with Crippen LogP contribution in [0, 0.1) is 5.41 Å². The molecule has 0 heterocycles. The van der Waals surface area contributed by atoms with E-state index in [1.165, 1.54) is 6.92 Å². The molecule has 0 aromatic rings. The third kappa shape index (κ3) is 11.9. The van der Waals surface area contributed by atoms with Gasteiger partial charge in [-0.05, 0) is 6.92 Å². The molecule has 0 fully saturated rings. The fourth-order valence-corrected chi connectivity index (χ4v) is 1.75. The molecule has 0 bridgehead atoms. The number of aliphatic hydroxyl groups is 2. The maximum atomic E-state index is 11.7. The Labute approximate surface area is 154 Å². The minimum Gasteiger partial charge on any atom is -0.396 e. The number of Topliss-reactive ketones (excluding diaryl/α,β-unsaturated/α-hetero) is 1. The van der Waals surface area contributed by atoms with Crippen molar-refractivity contribution < 1.29 is 34.1 Å². The van der Waals surface area contributed by atoms with Gasteiger partial charge in [0.05, 0.1) is 33.0 Å². The van der Waals surface area contributed by atoms with E-state index in [4.69, 9.17) is 14.6 Å². The lowest BCUT2D eigenvalue weighted by Gasteiger charge is -2.27. The number of aliphatic hydroxyl groups excluding tert-OH is 2. The molecule has 0 saturated heterocycles. The van der Waals surface area contributed by atoms with E-state index in [9.17, 15) is 19.5 Å². The summed E-state index contributed by atoms with van der Waals surface area (Å²) >= 11 is 0. The summed E-state index contributed by atoms with van der Waals surface area (Å²) < 4.78 is 10.5. The first kappa shape index (κ1) is 24.5. The first-order valence-corrected chi connectivity index (χ1v) is 8.69. The van der Waals surface area contributed by atoms with Crippen molar-refractivity contribution >= 4 is 17.6 Å². The molecule has 0 spiro atoms. The molecule has 1 atom stereocenters. The van der Waals surface area contributed by atoms with E-state index in [-0.39, 0.29) is 44.3 Å². The molecule has 9 nitrogen and oxygen atoms in total. The molecule has 0 aliphatic carbocycles. The lowest BCUT2D eigenvalue weighted by molar-refractivity contribution is -0.137. The molecule has 2 amide bonds. The predicted octanol–water partition coefficient (Wildman–Crippen LogP) is -0.999. The Morgan fingerprint density at radius 3 is 2.00 bits per heavy atom. The van der Waals surface area contributed by atoms with Crippen molar-refractivity contribution in [3.05, 3.63) is 0 Å². The Balaban J connectivity index is 3.50. The lowest BCUT2D eigenvalue weighted by Crippen LogP contribution is -2.46. The van der Waals surface area contributed by atoms with Gasteiger partial charge in [0, 0.05) is 31.3 Å². The fourth-order valence-electron chi connectivity index (χ4n) is 1.75. The number of ketones is 1. The van der Waals surface area contributed by atoms with E-state index >= 15 is 0 Å². The number of amides is 2. The quantitative estimate of drug-likeness (QED) is 0.269. The van der Waals surface area contributed by atoms with Crippen molar-refractivity contribution in [2.75, 3.05) is 46.1 Å². The molecular weight excluding hydrogens is 344 g/mol. The summed E-state index contributed by atoms with van der Waals surface area (Å²) in [6.45, 7) is 6.23. The van der Waals surface area contributed by atoms with Crippen LogP contribution in [0.2, 0.25) is 0 Å². The highest BCUT2D eigenvalue weighted by atomic mass is 16.5. The molecule has 0 rings (SSSR count). The molecule has 0 radical (unpaired) electrons. The van der Waals surface area contributed by atoms with Crippen molar-refractivity contribution in [2.45, 2.75) is 39.7 Å². The van der Waals surface area contributed by atoms with Crippen LogP contribution >= 0.6 is 0 Å². The normalized spacial score (nSPS) is 12.5. The summed E-state index contributed by atoms with van der Waals surface area (Å²) in [6, 6.07) is 0. The van der Waals surface area contributed by atoms with Crippen LogP contribution in [0.5, 0.6) is 0 Å². The molecule has 0 unspecified atom stereocenters. The van der Waals surface area contributed by atoms with Crippen LogP contribution in [0.4, 0.5) is 0 Å².